The highest BCUT2D eigenvalue weighted by Gasteiger charge is 2.39. The zero-order valence-corrected chi connectivity index (χ0v) is 19.8. The summed E-state index contributed by atoms with van der Waals surface area (Å²) in [6, 6.07) is 12.7. The van der Waals surface area contributed by atoms with Crippen molar-refractivity contribution >= 4 is 40.2 Å². The summed E-state index contributed by atoms with van der Waals surface area (Å²) in [5.41, 5.74) is 10.6. The molecule has 1 aromatic heterocycles. The van der Waals surface area contributed by atoms with Crippen molar-refractivity contribution < 1.29 is 19.2 Å². The van der Waals surface area contributed by atoms with E-state index in [1.807, 2.05) is 41.3 Å². The highest BCUT2D eigenvalue weighted by Crippen LogP contribution is 2.34. The highest BCUT2D eigenvalue weighted by molar-refractivity contribution is 6.05. The molecule has 0 bridgehead atoms. The second-order valence-corrected chi connectivity index (χ2v) is 9.91. The number of aromatic nitrogens is 1. The van der Waals surface area contributed by atoms with Crippen molar-refractivity contribution in [2.24, 2.45) is 0 Å². The van der Waals surface area contributed by atoms with Gasteiger partial charge < -0.3 is 20.5 Å². The largest absolute Gasteiger partial charge is 0.399 e. The van der Waals surface area contributed by atoms with E-state index in [2.05, 4.69) is 16.4 Å². The Bertz CT molecular complexity index is 1420. The summed E-state index contributed by atoms with van der Waals surface area (Å²) in [6.45, 7) is 1.68. The van der Waals surface area contributed by atoms with Gasteiger partial charge in [0.2, 0.25) is 11.8 Å². The van der Waals surface area contributed by atoms with Gasteiger partial charge in [-0.05, 0) is 60.6 Å². The second kappa shape index (κ2) is 8.51. The van der Waals surface area contributed by atoms with Crippen LogP contribution in [0.25, 0.3) is 10.9 Å². The van der Waals surface area contributed by atoms with Gasteiger partial charge >= 0.3 is 0 Å². The fraction of sp³-hybridized carbons (Fsp3) is 0.333. The Morgan fingerprint density at radius 1 is 0.972 bits per heavy atom. The molecule has 1 unspecified atom stereocenters. The van der Waals surface area contributed by atoms with E-state index in [0.29, 0.717) is 48.9 Å². The van der Waals surface area contributed by atoms with Crippen LogP contribution in [-0.4, -0.2) is 57.5 Å². The number of nitrogens with zero attached hydrogens (tertiary/aromatic N) is 2. The quantitative estimate of drug-likeness (QED) is 0.388. The van der Waals surface area contributed by atoms with Gasteiger partial charge in [-0.1, -0.05) is 18.2 Å². The van der Waals surface area contributed by atoms with Crippen LogP contribution in [0, 0.1) is 0 Å². The van der Waals surface area contributed by atoms with E-state index in [-0.39, 0.29) is 24.1 Å². The summed E-state index contributed by atoms with van der Waals surface area (Å²) in [5, 5.41) is 3.30. The number of fused-ring (bicyclic) bond motifs is 2. The Hall–Kier alpha value is -4.14. The molecule has 3 aliphatic rings. The van der Waals surface area contributed by atoms with Crippen molar-refractivity contribution in [3.63, 3.8) is 0 Å². The van der Waals surface area contributed by atoms with Gasteiger partial charge in [0.25, 0.3) is 11.8 Å². The number of nitrogen functional groups attached to an aromatic ring is 1. The SMILES string of the molecule is Nc1ccc2cc(C(=O)N3CCC(c4ccc5c(c4)CN(C4CCC(=O)NC4=O)C5=O)CC3)[nH]c2c1. The molecule has 1 atom stereocenters. The summed E-state index contributed by atoms with van der Waals surface area (Å²) < 4.78 is 0. The molecular weight excluding hydrogens is 458 g/mol. The second-order valence-electron chi connectivity index (χ2n) is 9.91. The molecule has 4 heterocycles. The number of piperidine rings is 2. The fourth-order valence-electron chi connectivity index (χ4n) is 5.69. The number of hydrogen-bond donors (Lipinski definition) is 3. The maximum atomic E-state index is 13.1. The van der Waals surface area contributed by atoms with Gasteiger partial charge in [0.05, 0.1) is 0 Å². The van der Waals surface area contributed by atoms with Crippen LogP contribution in [0.4, 0.5) is 5.69 Å². The van der Waals surface area contributed by atoms with Gasteiger partial charge in [-0.3, -0.25) is 24.5 Å². The number of nitrogens with one attached hydrogen (secondary N) is 2. The normalized spacial score (nSPS) is 20.7. The summed E-state index contributed by atoms with van der Waals surface area (Å²) in [4.78, 5) is 56.5. The average molecular weight is 486 g/mol. The van der Waals surface area contributed by atoms with Gasteiger partial charge in [0.1, 0.15) is 11.7 Å². The smallest absolute Gasteiger partial charge is 0.270 e. The topological polar surface area (TPSA) is 129 Å². The van der Waals surface area contributed by atoms with Crippen molar-refractivity contribution in [1.29, 1.82) is 0 Å². The average Bonchev–Trinajstić information content (AvgIpc) is 3.44. The van der Waals surface area contributed by atoms with Crippen LogP contribution in [0.15, 0.2) is 42.5 Å². The minimum Gasteiger partial charge on any atom is -0.399 e. The van der Waals surface area contributed by atoms with E-state index in [1.165, 1.54) is 0 Å². The zero-order chi connectivity index (χ0) is 25.0. The van der Waals surface area contributed by atoms with E-state index in [1.54, 1.807) is 4.90 Å². The number of H-pyrrole nitrogens is 1. The van der Waals surface area contributed by atoms with Crippen LogP contribution in [0.1, 0.15) is 63.6 Å². The van der Waals surface area contributed by atoms with Crippen LogP contribution in [0.5, 0.6) is 0 Å². The van der Waals surface area contributed by atoms with Gasteiger partial charge in [0.15, 0.2) is 0 Å². The maximum absolute atomic E-state index is 13.1. The van der Waals surface area contributed by atoms with Crippen LogP contribution in [0.3, 0.4) is 0 Å². The molecule has 3 aromatic rings. The van der Waals surface area contributed by atoms with Crippen LogP contribution >= 0.6 is 0 Å². The van der Waals surface area contributed by atoms with E-state index in [9.17, 15) is 19.2 Å². The van der Waals surface area contributed by atoms with Crippen LogP contribution in [0.2, 0.25) is 0 Å². The number of hydrogen-bond acceptors (Lipinski definition) is 5. The first kappa shape index (κ1) is 22.3. The van der Waals surface area contributed by atoms with E-state index in [0.717, 1.165) is 34.9 Å². The molecule has 0 spiro atoms. The number of rotatable bonds is 3. The predicted molar refractivity (Wildman–Crippen MR) is 133 cm³/mol. The third-order valence-electron chi connectivity index (χ3n) is 7.68. The van der Waals surface area contributed by atoms with Crippen molar-refractivity contribution in [3.8, 4) is 0 Å². The van der Waals surface area contributed by atoms with Crippen LogP contribution in [-0.2, 0) is 16.1 Å². The summed E-state index contributed by atoms with van der Waals surface area (Å²) in [7, 11) is 0. The Morgan fingerprint density at radius 2 is 1.78 bits per heavy atom. The number of benzene rings is 2. The van der Waals surface area contributed by atoms with Crippen molar-refractivity contribution in [1.82, 2.24) is 20.1 Å². The van der Waals surface area contributed by atoms with Crippen molar-refractivity contribution in [2.45, 2.75) is 44.2 Å². The minimum atomic E-state index is -0.610. The van der Waals surface area contributed by atoms with Crippen LogP contribution < -0.4 is 11.1 Å². The van der Waals surface area contributed by atoms with Gasteiger partial charge in [-0.15, -0.1) is 0 Å². The molecule has 9 heteroatoms. The molecule has 2 aromatic carbocycles. The molecular formula is C27H27N5O4. The Labute approximate surface area is 207 Å². The lowest BCUT2D eigenvalue weighted by molar-refractivity contribution is -0.136. The molecule has 2 saturated heterocycles. The number of carbonyl (C=O) groups is 4. The molecule has 36 heavy (non-hydrogen) atoms. The first-order valence-corrected chi connectivity index (χ1v) is 12.3. The number of aromatic amines is 1. The third kappa shape index (κ3) is 3.80. The number of anilines is 1. The predicted octanol–water partition coefficient (Wildman–Crippen LogP) is 2.53. The van der Waals surface area contributed by atoms with E-state index in [4.69, 9.17) is 5.73 Å². The molecule has 184 valence electrons. The lowest BCUT2D eigenvalue weighted by atomic mass is 9.88. The summed E-state index contributed by atoms with van der Waals surface area (Å²) >= 11 is 0. The van der Waals surface area contributed by atoms with Gasteiger partial charge in [-0.2, -0.15) is 0 Å². The van der Waals surface area contributed by atoms with Crippen molar-refractivity contribution in [2.75, 3.05) is 18.8 Å². The Kier molecular flexibility index (Phi) is 5.28. The zero-order valence-electron chi connectivity index (χ0n) is 19.8. The molecule has 0 radical (unpaired) electrons. The molecule has 4 amide bonds. The first-order valence-electron chi connectivity index (χ1n) is 12.3. The molecule has 2 fully saturated rings. The number of likely N-dealkylation sites (tertiary alicyclic amines) is 1. The lowest BCUT2D eigenvalue weighted by Gasteiger charge is -2.32. The monoisotopic (exact) mass is 485 g/mol. The standard InChI is InChI=1S/C27H27N5O4/c28-19-3-1-17-12-22(29-21(17)13-19)27(36)31-9-7-15(8-10-31)16-2-4-20-18(11-16)14-32(26(20)35)23-5-6-24(33)30-25(23)34/h1-4,11-13,15,23,29H,5-10,14,28H2,(H,30,33,34). The Morgan fingerprint density at radius 3 is 2.56 bits per heavy atom. The number of carbonyl (C=O) groups excluding carboxylic acids is 4. The molecule has 0 aliphatic carbocycles. The van der Waals surface area contributed by atoms with Gasteiger partial charge in [-0.25, -0.2) is 0 Å². The molecule has 9 nitrogen and oxygen atoms in total. The molecule has 4 N–H and O–H groups in total. The molecule has 6 rings (SSSR count). The van der Waals surface area contributed by atoms with Gasteiger partial charge in [0, 0.05) is 48.2 Å². The number of imide groups is 1. The van der Waals surface area contributed by atoms with E-state index >= 15 is 0 Å². The fourth-order valence-corrected chi connectivity index (χ4v) is 5.69. The minimum absolute atomic E-state index is 0.0114. The third-order valence-corrected chi connectivity index (χ3v) is 7.68. The molecule has 0 saturated carbocycles. The Balaban J connectivity index is 1.12. The van der Waals surface area contributed by atoms with E-state index < -0.39 is 11.9 Å². The summed E-state index contributed by atoms with van der Waals surface area (Å²) in [6.07, 6.45) is 2.27. The maximum Gasteiger partial charge on any atom is 0.270 e. The van der Waals surface area contributed by atoms with Crippen molar-refractivity contribution in [3.05, 3.63) is 64.8 Å². The lowest BCUT2D eigenvalue weighted by Crippen LogP contribution is -2.52. The molecule has 3 aliphatic heterocycles. The number of amides is 4. The summed E-state index contributed by atoms with van der Waals surface area (Å²) in [5.74, 6) is -0.569. The number of nitrogens with two attached hydrogens (primary N) is 1. The first-order chi connectivity index (χ1) is 17.4. The highest BCUT2D eigenvalue weighted by atomic mass is 16.2.